The highest BCUT2D eigenvalue weighted by molar-refractivity contribution is 7.99. The normalized spacial score (nSPS) is 21.2. The first-order valence-corrected chi connectivity index (χ1v) is 10.5. The molecule has 1 atom stereocenters. The summed E-state index contributed by atoms with van der Waals surface area (Å²) in [6.07, 6.45) is 2.85. The fourth-order valence-electron chi connectivity index (χ4n) is 3.45. The van der Waals surface area contributed by atoms with Gasteiger partial charge in [-0.1, -0.05) is 0 Å². The summed E-state index contributed by atoms with van der Waals surface area (Å²) < 4.78 is 5.68. The molecule has 156 valence electrons. The topological polar surface area (TPSA) is 70.4 Å². The van der Waals surface area contributed by atoms with E-state index >= 15 is 0 Å². The molecule has 1 unspecified atom stereocenters. The Balaban J connectivity index is 0.00000182. The highest BCUT2D eigenvalue weighted by Gasteiger charge is 2.22. The van der Waals surface area contributed by atoms with Crippen LogP contribution in [0, 0.1) is 19.8 Å². The van der Waals surface area contributed by atoms with Crippen molar-refractivity contribution in [2.24, 2.45) is 5.92 Å². The van der Waals surface area contributed by atoms with Crippen LogP contribution in [0.25, 0.3) is 0 Å². The monoisotopic (exact) mass is 438 g/mol. The number of likely N-dealkylation sites (tertiary alicyclic amines) is 1. The molecule has 27 heavy (non-hydrogen) atoms. The number of carbonyl (C=O) groups is 1. The van der Waals surface area contributed by atoms with Gasteiger partial charge in [-0.3, -0.25) is 9.69 Å². The van der Waals surface area contributed by atoms with Gasteiger partial charge in [-0.2, -0.15) is 11.8 Å². The minimum absolute atomic E-state index is 0. The molecule has 6 nitrogen and oxygen atoms in total. The van der Waals surface area contributed by atoms with E-state index in [-0.39, 0.29) is 30.7 Å². The third-order valence-corrected chi connectivity index (χ3v) is 6.29. The fraction of sp³-hybridized carbons (Fsp3) is 0.778. The summed E-state index contributed by atoms with van der Waals surface area (Å²) >= 11 is 1.93. The zero-order valence-corrected chi connectivity index (χ0v) is 18.6. The number of aromatic nitrogens is 1. The molecule has 2 aliphatic rings. The Morgan fingerprint density at radius 3 is 2.67 bits per heavy atom. The van der Waals surface area contributed by atoms with Gasteiger partial charge < -0.3 is 15.1 Å². The number of halogens is 2. The number of thioether (sulfide) groups is 1. The van der Waals surface area contributed by atoms with Crippen LogP contribution in [0.2, 0.25) is 0 Å². The first-order chi connectivity index (χ1) is 12.1. The molecule has 2 N–H and O–H groups in total. The summed E-state index contributed by atoms with van der Waals surface area (Å²) in [5.74, 6) is 4.71. The van der Waals surface area contributed by atoms with Crippen LogP contribution in [0.1, 0.15) is 36.6 Å². The molecule has 0 radical (unpaired) electrons. The van der Waals surface area contributed by atoms with Crippen LogP contribution in [0.4, 0.5) is 0 Å². The van der Waals surface area contributed by atoms with Crippen LogP contribution < -0.4 is 10.6 Å². The maximum absolute atomic E-state index is 12.1. The number of rotatable bonds is 6. The second-order valence-electron chi connectivity index (χ2n) is 7.20. The highest BCUT2D eigenvalue weighted by Crippen LogP contribution is 2.19. The number of carbonyl (C=O) groups excluding carboxylic acids is 1. The zero-order chi connectivity index (χ0) is 17.6. The van der Waals surface area contributed by atoms with Crippen LogP contribution in [-0.2, 0) is 11.3 Å². The molecular formula is C18H32Cl2N4O2S. The summed E-state index contributed by atoms with van der Waals surface area (Å²) in [4.78, 5) is 19.0. The number of piperidine rings is 1. The number of amides is 1. The van der Waals surface area contributed by atoms with E-state index in [1.54, 1.807) is 0 Å². The van der Waals surface area contributed by atoms with Gasteiger partial charge in [0.25, 0.3) is 0 Å². The summed E-state index contributed by atoms with van der Waals surface area (Å²) in [6.45, 7) is 8.65. The number of nitrogens with zero attached hydrogens (tertiary/aromatic N) is 2. The molecule has 1 aromatic heterocycles. The standard InChI is InChI=1S/C18H30N4O2S.2ClH/c1-13-14(2)24-18(21-13)11-22-6-3-15(4-7-22)10-20-17(23)9-16-12-25-8-5-19-16;;/h15-16,19H,3-12H2,1-2H3,(H,20,23);2*1H. The average molecular weight is 439 g/mol. The SMILES string of the molecule is Cc1nc(CN2CCC(CNC(=O)CC3CSCCN3)CC2)oc1C.Cl.Cl. The van der Waals surface area contributed by atoms with Gasteiger partial charge >= 0.3 is 0 Å². The van der Waals surface area contributed by atoms with Crippen molar-refractivity contribution in [3.05, 3.63) is 17.3 Å². The Kier molecular flexibility index (Phi) is 11.1. The predicted molar refractivity (Wildman–Crippen MR) is 115 cm³/mol. The minimum atomic E-state index is 0. The summed E-state index contributed by atoms with van der Waals surface area (Å²) in [5.41, 5.74) is 0.985. The maximum Gasteiger partial charge on any atom is 0.221 e. The van der Waals surface area contributed by atoms with E-state index in [1.807, 2.05) is 25.6 Å². The van der Waals surface area contributed by atoms with Crippen molar-refractivity contribution in [1.82, 2.24) is 20.5 Å². The van der Waals surface area contributed by atoms with Gasteiger partial charge in [0.2, 0.25) is 11.8 Å². The van der Waals surface area contributed by atoms with Crippen molar-refractivity contribution in [1.29, 1.82) is 0 Å². The van der Waals surface area contributed by atoms with Gasteiger partial charge in [0.1, 0.15) is 5.76 Å². The number of oxazole rings is 1. The van der Waals surface area contributed by atoms with E-state index in [0.29, 0.717) is 18.4 Å². The second-order valence-corrected chi connectivity index (χ2v) is 8.35. The molecule has 9 heteroatoms. The molecule has 1 amide bonds. The Labute approximate surface area is 178 Å². The van der Waals surface area contributed by atoms with Crippen molar-refractivity contribution in [2.45, 2.75) is 45.7 Å². The molecule has 0 aliphatic carbocycles. The van der Waals surface area contributed by atoms with Gasteiger partial charge in [0.15, 0.2) is 0 Å². The molecule has 2 fully saturated rings. The van der Waals surface area contributed by atoms with E-state index in [9.17, 15) is 4.79 Å². The van der Waals surface area contributed by atoms with Gasteiger partial charge in [-0.15, -0.1) is 24.8 Å². The fourth-order valence-corrected chi connectivity index (χ4v) is 4.40. The summed E-state index contributed by atoms with van der Waals surface area (Å²) in [5, 5.41) is 6.56. The van der Waals surface area contributed by atoms with Gasteiger partial charge in [0, 0.05) is 37.1 Å². The lowest BCUT2D eigenvalue weighted by Crippen LogP contribution is -2.43. The Hall–Kier alpha value is -0.470. The zero-order valence-electron chi connectivity index (χ0n) is 16.2. The number of hydrogen-bond donors (Lipinski definition) is 2. The predicted octanol–water partition coefficient (Wildman–Crippen LogP) is 2.56. The quantitative estimate of drug-likeness (QED) is 0.710. The largest absolute Gasteiger partial charge is 0.444 e. The summed E-state index contributed by atoms with van der Waals surface area (Å²) in [7, 11) is 0. The molecule has 2 aliphatic heterocycles. The second kappa shape index (κ2) is 12.2. The van der Waals surface area contributed by atoms with Crippen molar-refractivity contribution < 1.29 is 9.21 Å². The first-order valence-electron chi connectivity index (χ1n) is 9.33. The van der Waals surface area contributed by atoms with Gasteiger partial charge in [-0.05, 0) is 45.7 Å². The van der Waals surface area contributed by atoms with Crippen molar-refractivity contribution >= 4 is 42.5 Å². The number of hydrogen-bond acceptors (Lipinski definition) is 6. The Bertz CT molecular complexity index is 554. The molecular weight excluding hydrogens is 407 g/mol. The van der Waals surface area contributed by atoms with Crippen LogP contribution in [0.15, 0.2) is 4.42 Å². The third kappa shape index (κ3) is 7.81. The van der Waals surface area contributed by atoms with Crippen LogP contribution >= 0.6 is 36.6 Å². The van der Waals surface area contributed by atoms with E-state index in [0.717, 1.165) is 74.4 Å². The van der Waals surface area contributed by atoms with Gasteiger partial charge in [-0.25, -0.2) is 4.98 Å². The Morgan fingerprint density at radius 2 is 2.07 bits per heavy atom. The van der Waals surface area contributed by atoms with Crippen molar-refractivity contribution in [3.8, 4) is 0 Å². The van der Waals surface area contributed by atoms with E-state index in [4.69, 9.17) is 4.42 Å². The Morgan fingerprint density at radius 1 is 1.33 bits per heavy atom. The lowest BCUT2D eigenvalue weighted by Gasteiger charge is -2.31. The van der Waals surface area contributed by atoms with Crippen LogP contribution in [0.5, 0.6) is 0 Å². The smallest absolute Gasteiger partial charge is 0.221 e. The first kappa shape index (κ1) is 24.6. The lowest BCUT2D eigenvalue weighted by atomic mass is 9.96. The maximum atomic E-state index is 12.1. The molecule has 0 aromatic carbocycles. The van der Waals surface area contributed by atoms with Crippen molar-refractivity contribution in [2.75, 3.05) is 37.7 Å². The van der Waals surface area contributed by atoms with E-state index < -0.39 is 0 Å². The van der Waals surface area contributed by atoms with E-state index in [1.165, 1.54) is 0 Å². The average Bonchev–Trinajstić information content (AvgIpc) is 2.92. The molecule has 3 rings (SSSR count). The molecule has 2 saturated heterocycles. The number of nitrogens with one attached hydrogen (secondary N) is 2. The van der Waals surface area contributed by atoms with E-state index in [2.05, 4.69) is 20.5 Å². The molecule has 0 bridgehead atoms. The molecule has 3 heterocycles. The van der Waals surface area contributed by atoms with Gasteiger partial charge in [0.05, 0.1) is 12.2 Å². The molecule has 1 aromatic rings. The lowest BCUT2D eigenvalue weighted by molar-refractivity contribution is -0.121. The highest BCUT2D eigenvalue weighted by atomic mass is 35.5. The molecule has 0 spiro atoms. The summed E-state index contributed by atoms with van der Waals surface area (Å²) in [6, 6.07) is 0.341. The number of aryl methyl sites for hydroxylation is 2. The van der Waals surface area contributed by atoms with Crippen LogP contribution in [-0.4, -0.2) is 59.5 Å². The van der Waals surface area contributed by atoms with Crippen molar-refractivity contribution in [3.63, 3.8) is 0 Å². The minimum Gasteiger partial charge on any atom is -0.444 e. The third-order valence-electron chi connectivity index (χ3n) is 5.16. The van der Waals surface area contributed by atoms with Crippen LogP contribution in [0.3, 0.4) is 0 Å². The molecule has 0 saturated carbocycles.